The molecule has 3 rings (SSSR count). The van der Waals surface area contributed by atoms with Crippen LogP contribution in [0.25, 0.3) is 6.08 Å². The SMILES string of the molecule is Cc1nn(Cc2ccccc2)c(Cl)c1/C=C/C(=O)Nc1ccc(C(N)=O)cc1. The number of amides is 2. The summed E-state index contributed by atoms with van der Waals surface area (Å²) in [6, 6.07) is 16.2. The van der Waals surface area contributed by atoms with E-state index in [1.165, 1.54) is 6.08 Å². The van der Waals surface area contributed by atoms with Crippen LogP contribution in [0.3, 0.4) is 0 Å². The van der Waals surface area contributed by atoms with E-state index in [1.807, 2.05) is 37.3 Å². The lowest BCUT2D eigenvalue weighted by Gasteiger charge is -2.03. The number of nitrogens with one attached hydrogen (secondary N) is 1. The van der Waals surface area contributed by atoms with E-state index in [4.69, 9.17) is 17.3 Å². The van der Waals surface area contributed by atoms with Gasteiger partial charge in [0.1, 0.15) is 5.15 Å². The number of aryl methyl sites for hydroxylation is 1. The molecule has 0 aliphatic rings. The second-order valence-electron chi connectivity index (χ2n) is 6.20. The van der Waals surface area contributed by atoms with E-state index in [1.54, 1.807) is 35.0 Å². The van der Waals surface area contributed by atoms with Crippen LogP contribution in [0.1, 0.15) is 27.2 Å². The van der Waals surface area contributed by atoms with Gasteiger partial charge < -0.3 is 11.1 Å². The summed E-state index contributed by atoms with van der Waals surface area (Å²) in [5.74, 6) is -0.839. The van der Waals surface area contributed by atoms with Crippen molar-refractivity contribution in [3.05, 3.63) is 88.2 Å². The summed E-state index contributed by atoms with van der Waals surface area (Å²) in [5.41, 5.74) is 8.64. The van der Waals surface area contributed by atoms with Crippen LogP contribution >= 0.6 is 11.6 Å². The third kappa shape index (κ3) is 4.66. The third-order valence-electron chi connectivity index (χ3n) is 4.12. The minimum Gasteiger partial charge on any atom is -0.366 e. The number of anilines is 1. The molecule has 0 aliphatic carbocycles. The minimum absolute atomic E-state index is 0.321. The average Bonchev–Trinajstić information content (AvgIpc) is 2.94. The lowest BCUT2D eigenvalue weighted by atomic mass is 10.2. The van der Waals surface area contributed by atoms with Gasteiger partial charge in [-0.05, 0) is 42.8 Å². The Morgan fingerprint density at radius 3 is 2.46 bits per heavy atom. The van der Waals surface area contributed by atoms with Crippen LogP contribution in [0.5, 0.6) is 0 Å². The molecule has 0 spiro atoms. The summed E-state index contributed by atoms with van der Waals surface area (Å²) in [4.78, 5) is 23.2. The van der Waals surface area contributed by atoms with Gasteiger partial charge in [-0.25, -0.2) is 4.68 Å². The lowest BCUT2D eigenvalue weighted by molar-refractivity contribution is -0.111. The lowest BCUT2D eigenvalue weighted by Crippen LogP contribution is -2.11. The minimum atomic E-state index is -0.518. The Balaban J connectivity index is 1.69. The largest absolute Gasteiger partial charge is 0.366 e. The van der Waals surface area contributed by atoms with Crippen molar-refractivity contribution < 1.29 is 9.59 Å². The van der Waals surface area contributed by atoms with E-state index in [-0.39, 0.29) is 5.91 Å². The number of aromatic nitrogens is 2. The molecule has 0 atom stereocenters. The number of primary amides is 1. The fourth-order valence-corrected chi connectivity index (χ4v) is 2.98. The number of halogens is 1. The van der Waals surface area contributed by atoms with Gasteiger partial charge in [-0.1, -0.05) is 41.9 Å². The zero-order chi connectivity index (χ0) is 20.1. The fraction of sp³-hybridized carbons (Fsp3) is 0.0952. The number of nitrogens with zero attached hydrogens (tertiary/aromatic N) is 2. The number of carbonyl (C=O) groups excluding carboxylic acids is 2. The Morgan fingerprint density at radius 2 is 1.82 bits per heavy atom. The topological polar surface area (TPSA) is 90.0 Å². The number of nitrogens with two attached hydrogens (primary N) is 1. The zero-order valence-electron chi connectivity index (χ0n) is 15.2. The first-order valence-corrected chi connectivity index (χ1v) is 8.97. The van der Waals surface area contributed by atoms with Crippen LogP contribution in [0.4, 0.5) is 5.69 Å². The maximum atomic E-state index is 12.2. The molecule has 0 radical (unpaired) electrons. The second-order valence-corrected chi connectivity index (χ2v) is 6.56. The van der Waals surface area contributed by atoms with Crippen molar-refractivity contribution in [3.63, 3.8) is 0 Å². The van der Waals surface area contributed by atoms with Crippen molar-refractivity contribution in [3.8, 4) is 0 Å². The molecule has 6 nitrogen and oxygen atoms in total. The molecular formula is C21H19ClN4O2. The van der Waals surface area contributed by atoms with Gasteiger partial charge in [-0.15, -0.1) is 0 Å². The smallest absolute Gasteiger partial charge is 0.248 e. The third-order valence-corrected chi connectivity index (χ3v) is 4.52. The van der Waals surface area contributed by atoms with Crippen LogP contribution in [-0.4, -0.2) is 21.6 Å². The van der Waals surface area contributed by atoms with Crippen LogP contribution in [0.2, 0.25) is 5.15 Å². The summed E-state index contributed by atoms with van der Waals surface area (Å²) in [5, 5.41) is 7.64. The molecule has 1 heterocycles. The Bertz CT molecular complexity index is 1020. The van der Waals surface area contributed by atoms with Crippen LogP contribution in [-0.2, 0) is 11.3 Å². The molecule has 0 fully saturated rings. The molecule has 0 saturated heterocycles. The Kier molecular flexibility index (Phi) is 5.91. The molecule has 2 amide bonds. The van der Waals surface area contributed by atoms with Gasteiger partial charge in [0, 0.05) is 22.9 Å². The van der Waals surface area contributed by atoms with Gasteiger partial charge in [0.05, 0.1) is 12.2 Å². The highest BCUT2D eigenvalue weighted by molar-refractivity contribution is 6.31. The molecule has 1 aromatic heterocycles. The van der Waals surface area contributed by atoms with E-state index < -0.39 is 5.91 Å². The summed E-state index contributed by atoms with van der Waals surface area (Å²) in [7, 11) is 0. The molecule has 7 heteroatoms. The summed E-state index contributed by atoms with van der Waals surface area (Å²) in [6.45, 7) is 2.39. The zero-order valence-corrected chi connectivity index (χ0v) is 16.0. The first kappa shape index (κ1) is 19.4. The molecular weight excluding hydrogens is 376 g/mol. The van der Waals surface area contributed by atoms with Gasteiger partial charge in [-0.3, -0.25) is 9.59 Å². The summed E-state index contributed by atoms with van der Waals surface area (Å²) in [6.07, 6.45) is 3.03. The summed E-state index contributed by atoms with van der Waals surface area (Å²) >= 11 is 6.44. The van der Waals surface area contributed by atoms with Crippen molar-refractivity contribution in [1.82, 2.24) is 9.78 Å². The van der Waals surface area contributed by atoms with Crippen molar-refractivity contribution in [1.29, 1.82) is 0 Å². The number of rotatable bonds is 6. The molecule has 142 valence electrons. The fourth-order valence-electron chi connectivity index (χ4n) is 2.68. The molecule has 0 unspecified atom stereocenters. The normalized spacial score (nSPS) is 10.9. The maximum Gasteiger partial charge on any atom is 0.248 e. The maximum absolute atomic E-state index is 12.2. The highest BCUT2D eigenvalue weighted by Gasteiger charge is 2.12. The Morgan fingerprint density at radius 1 is 1.14 bits per heavy atom. The molecule has 3 aromatic rings. The van der Waals surface area contributed by atoms with Gasteiger partial charge >= 0.3 is 0 Å². The van der Waals surface area contributed by atoms with Crippen LogP contribution < -0.4 is 11.1 Å². The van der Waals surface area contributed by atoms with Crippen molar-refractivity contribution in [2.75, 3.05) is 5.32 Å². The molecule has 0 aliphatic heterocycles. The number of carbonyl (C=O) groups is 2. The molecule has 0 saturated carbocycles. The number of hydrogen-bond acceptors (Lipinski definition) is 3. The second kappa shape index (κ2) is 8.54. The quantitative estimate of drug-likeness (QED) is 0.625. The van der Waals surface area contributed by atoms with E-state index >= 15 is 0 Å². The molecule has 28 heavy (non-hydrogen) atoms. The standard InChI is InChI=1S/C21H19ClN4O2/c1-14-18(20(22)26(25-14)13-15-5-3-2-4-6-15)11-12-19(27)24-17-9-7-16(8-10-17)21(23)28/h2-12H,13H2,1H3,(H2,23,28)(H,24,27)/b12-11+. The average molecular weight is 395 g/mol. The van der Waals surface area contributed by atoms with Crippen molar-refractivity contribution in [2.45, 2.75) is 13.5 Å². The monoisotopic (exact) mass is 394 g/mol. The predicted octanol–water partition coefficient (Wildman–Crippen LogP) is 3.64. The Hall–Kier alpha value is -3.38. The van der Waals surface area contributed by atoms with Crippen molar-refractivity contribution in [2.24, 2.45) is 5.73 Å². The molecule has 2 aromatic carbocycles. The molecule has 0 bridgehead atoms. The van der Waals surface area contributed by atoms with Gasteiger partial charge in [0.25, 0.3) is 0 Å². The predicted molar refractivity (Wildman–Crippen MR) is 110 cm³/mol. The van der Waals surface area contributed by atoms with Crippen molar-refractivity contribution >= 4 is 35.2 Å². The van der Waals surface area contributed by atoms with Crippen LogP contribution in [0, 0.1) is 6.92 Å². The van der Waals surface area contributed by atoms with Gasteiger partial charge in [0.15, 0.2) is 0 Å². The van der Waals surface area contributed by atoms with E-state index in [0.717, 1.165) is 11.3 Å². The van der Waals surface area contributed by atoms with E-state index in [9.17, 15) is 9.59 Å². The molecule has 3 N–H and O–H groups in total. The van der Waals surface area contributed by atoms with E-state index in [0.29, 0.717) is 28.5 Å². The number of hydrogen-bond donors (Lipinski definition) is 2. The van der Waals surface area contributed by atoms with Gasteiger partial charge in [-0.2, -0.15) is 5.10 Å². The highest BCUT2D eigenvalue weighted by atomic mass is 35.5. The summed E-state index contributed by atoms with van der Waals surface area (Å²) < 4.78 is 1.70. The van der Waals surface area contributed by atoms with E-state index in [2.05, 4.69) is 10.4 Å². The highest BCUT2D eigenvalue weighted by Crippen LogP contribution is 2.22. The first-order valence-electron chi connectivity index (χ1n) is 8.60. The van der Waals surface area contributed by atoms with Crippen LogP contribution in [0.15, 0.2) is 60.7 Å². The van der Waals surface area contributed by atoms with Gasteiger partial charge in [0.2, 0.25) is 11.8 Å². The number of benzene rings is 2. The Labute approximate surface area is 167 Å². The first-order chi connectivity index (χ1) is 13.4.